The molecule has 0 aliphatic carbocycles. The van der Waals surface area contributed by atoms with Crippen LogP contribution >= 0.6 is 69.6 Å². The van der Waals surface area contributed by atoms with Gasteiger partial charge in [-0.2, -0.15) is 0 Å². The Morgan fingerprint density at radius 1 is 0.733 bits per heavy atom. The van der Waals surface area contributed by atoms with Crippen LogP contribution in [0.25, 0.3) is 0 Å². The summed E-state index contributed by atoms with van der Waals surface area (Å²) in [4.78, 5) is 0. The van der Waals surface area contributed by atoms with Crippen molar-refractivity contribution in [3.8, 4) is 0 Å². The fraction of sp³-hybridized carbons (Fsp3) is 1.00. The molecule has 8 heteroatoms. The summed E-state index contributed by atoms with van der Waals surface area (Å²) in [5, 5.41) is 0. The zero-order valence-electron chi connectivity index (χ0n) is 8.00. The molecule has 0 saturated heterocycles. The first kappa shape index (κ1) is 16.7. The first-order chi connectivity index (χ1) is 6.41. The quantitative estimate of drug-likeness (QED) is 0.555. The Bertz CT molecular complexity index is 175. The van der Waals surface area contributed by atoms with E-state index < -0.39 is 13.4 Å². The lowest BCUT2D eigenvalue weighted by Crippen LogP contribution is -2.35. The molecule has 0 aromatic carbocycles. The van der Waals surface area contributed by atoms with E-state index in [1.54, 1.807) is 13.8 Å². The highest BCUT2D eigenvalue weighted by Gasteiger charge is 2.30. The van der Waals surface area contributed by atoms with Crippen molar-refractivity contribution >= 4 is 69.6 Å². The number of hydrogen-bond donors (Lipinski definition) is 0. The Kier molecular flexibility index (Phi) is 6.68. The van der Waals surface area contributed by atoms with Crippen LogP contribution in [-0.2, 0) is 9.47 Å². The van der Waals surface area contributed by atoms with Gasteiger partial charge in [0.2, 0.25) is 7.59 Å². The minimum absolute atomic E-state index is 0.121. The highest BCUT2D eigenvalue weighted by atomic mass is 35.6. The van der Waals surface area contributed by atoms with Gasteiger partial charge in [0.1, 0.15) is 0 Å². The van der Waals surface area contributed by atoms with Gasteiger partial charge in [-0.3, -0.25) is 0 Å². The SMILES string of the molecule is CC(C)(OCC(Cl)(Cl)Cl)OCC(Cl)(Cl)Cl. The Morgan fingerprint density at radius 3 is 1.20 bits per heavy atom. The van der Waals surface area contributed by atoms with Crippen LogP contribution in [0.4, 0.5) is 0 Å². The molecule has 15 heavy (non-hydrogen) atoms. The number of rotatable bonds is 4. The molecule has 0 saturated carbocycles. The van der Waals surface area contributed by atoms with Crippen LogP contribution in [0.5, 0.6) is 0 Å². The van der Waals surface area contributed by atoms with Crippen molar-refractivity contribution in [1.29, 1.82) is 0 Å². The van der Waals surface area contributed by atoms with Gasteiger partial charge in [-0.1, -0.05) is 69.6 Å². The third-order valence-electron chi connectivity index (χ3n) is 1.17. The maximum atomic E-state index is 5.50. The molecular weight excluding hydrogens is 329 g/mol. The van der Waals surface area contributed by atoms with Crippen LogP contribution in [-0.4, -0.2) is 26.6 Å². The molecular formula is C7H10Cl6O2. The first-order valence-corrected chi connectivity index (χ1v) is 6.09. The molecule has 0 amide bonds. The van der Waals surface area contributed by atoms with Crippen LogP contribution in [0.3, 0.4) is 0 Å². The molecule has 0 heterocycles. The molecule has 0 fully saturated rings. The first-order valence-electron chi connectivity index (χ1n) is 3.83. The maximum Gasteiger partial charge on any atom is 0.213 e. The molecule has 0 aliphatic heterocycles. The fourth-order valence-corrected chi connectivity index (χ4v) is 0.880. The predicted molar refractivity (Wildman–Crippen MR) is 66.6 cm³/mol. The van der Waals surface area contributed by atoms with Crippen LogP contribution in [0.2, 0.25) is 0 Å². The smallest absolute Gasteiger partial charge is 0.213 e. The largest absolute Gasteiger partial charge is 0.346 e. The van der Waals surface area contributed by atoms with Gasteiger partial charge in [0, 0.05) is 0 Å². The third-order valence-corrected chi connectivity index (χ3v) is 1.82. The second kappa shape index (κ2) is 6.01. The van der Waals surface area contributed by atoms with Gasteiger partial charge in [-0.05, 0) is 13.8 Å². The molecule has 0 radical (unpaired) electrons. The van der Waals surface area contributed by atoms with Crippen molar-refractivity contribution in [3.05, 3.63) is 0 Å². The zero-order valence-corrected chi connectivity index (χ0v) is 12.5. The lowest BCUT2D eigenvalue weighted by Gasteiger charge is -2.28. The minimum atomic E-state index is -1.50. The molecule has 0 spiro atoms. The van der Waals surface area contributed by atoms with Gasteiger partial charge in [0.05, 0.1) is 13.2 Å². The number of hydrogen-bond acceptors (Lipinski definition) is 2. The van der Waals surface area contributed by atoms with Crippen molar-refractivity contribution in [1.82, 2.24) is 0 Å². The average Bonchev–Trinajstić information content (AvgIpc) is 1.96. The second-order valence-corrected chi connectivity index (χ2v) is 8.24. The van der Waals surface area contributed by atoms with E-state index in [2.05, 4.69) is 0 Å². The lowest BCUT2D eigenvalue weighted by molar-refractivity contribution is -0.211. The molecule has 0 unspecified atom stereocenters. The summed E-state index contributed by atoms with van der Waals surface area (Å²) >= 11 is 33.0. The maximum absolute atomic E-state index is 5.50. The molecule has 0 aromatic heterocycles. The molecule has 0 N–H and O–H groups in total. The van der Waals surface area contributed by atoms with Gasteiger partial charge in [-0.25, -0.2) is 0 Å². The third kappa shape index (κ3) is 11.9. The molecule has 0 aromatic rings. The Hall–Kier alpha value is 1.66. The molecule has 0 rings (SSSR count). The van der Waals surface area contributed by atoms with E-state index >= 15 is 0 Å². The van der Waals surface area contributed by atoms with E-state index in [0.717, 1.165) is 0 Å². The van der Waals surface area contributed by atoms with Crippen LogP contribution in [0.15, 0.2) is 0 Å². The van der Waals surface area contributed by atoms with Crippen molar-refractivity contribution in [2.24, 2.45) is 0 Å². The van der Waals surface area contributed by atoms with Crippen LogP contribution in [0.1, 0.15) is 13.8 Å². The number of alkyl halides is 6. The van der Waals surface area contributed by atoms with E-state index in [9.17, 15) is 0 Å². The normalized spacial score (nSPS) is 14.4. The van der Waals surface area contributed by atoms with Crippen LogP contribution in [0, 0.1) is 0 Å². The molecule has 0 aliphatic rings. The summed E-state index contributed by atoms with van der Waals surface area (Å²) in [6.45, 7) is 3.01. The van der Waals surface area contributed by atoms with E-state index in [4.69, 9.17) is 79.1 Å². The summed E-state index contributed by atoms with van der Waals surface area (Å²) in [6, 6.07) is 0. The van der Waals surface area contributed by atoms with Crippen LogP contribution < -0.4 is 0 Å². The lowest BCUT2D eigenvalue weighted by atomic mass is 10.4. The Morgan fingerprint density at radius 2 is 1.00 bits per heavy atom. The minimum Gasteiger partial charge on any atom is -0.346 e. The van der Waals surface area contributed by atoms with Gasteiger partial charge in [0.25, 0.3) is 0 Å². The summed E-state index contributed by atoms with van der Waals surface area (Å²) < 4.78 is 7.39. The van der Waals surface area contributed by atoms with E-state index in [1.165, 1.54) is 0 Å². The molecule has 92 valence electrons. The number of halogens is 6. The standard InChI is InChI=1S/C7H10Cl6O2/c1-5(2,14-3-6(8,9)10)15-4-7(11,12)13/h3-4H2,1-2H3. The van der Waals surface area contributed by atoms with Gasteiger partial charge in [-0.15, -0.1) is 0 Å². The summed E-state index contributed by atoms with van der Waals surface area (Å²) in [5.74, 6) is -0.992. The van der Waals surface area contributed by atoms with Gasteiger partial charge < -0.3 is 9.47 Å². The zero-order chi connectivity index (χ0) is 12.3. The summed E-state index contributed by atoms with van der Waals surface area (Å²) in [5.41, 5.74) is 0. The van der Waals surface area contributed by atoms with Gasteiger partial charge >= 0.3 is 0 Å². The fourth-order valence-electron chi connectivity index (χ4n) is 0.553. The molecule has 0 atom stereocenters. The van der Waals surface area contributed by atoms with E-state index in [0.29, 0.717) is 0 Å². The monoisotopic (exact) mass is 336 g/mol. The highest BCUT2D eigenvalue weighted by Crippen LogP contribution is 2.31. The molecule has 2 nitrogen and oxygen atoms in total. The topological polar surface area (TPSA) is 18.5 Å². The summed E-state index contributed by atoms with van der Waals surface area (Å²) in [7, 11) is 0. The Labute approximate surface area is 119 Å². The predicted octanol–water partition coefficient (Wildman–Crippen LogP) is 4.50. The molecule has 0 bridgehead atoms. The Balaban J connectivity index is 3.98. The number of ether oxygens (including phenoxy) is 2. The van der Waals surface area contributed by atoms with Crippen molar-refractivity contribution in [2.75, 3.05) is 13.2 Å². The van der Waals surface area contributed by atoms with E-state index in [1.807, 2.05) is 0 Å². The summed E-state index contributed by atoms with van der Waals surface area (Å²) in [6.07, 6.45) is 0. The average molecular weight is 339 g/mol. The highest BCUT2D eigenvalue weighted by molar-refractivity contribution is 6.68. The van der Waals surface area contributed by atoms with E-state index in [-0.39, 0.29) is 13.2 Å². The van der Waals surface area contributed by atoms with Crippen molar-refractivity contribution in [2.45, 2.75) is 27.2 Å². The second-order valence-electron chi connectivity index (χ2n) is 3.21. The van der Waals surface area contributed by atoms with Crippen molar-refractivity contribution in [3.63, 3.8) is 0 Å². The van der Waals surface area contributed by atoms with Gasteiger partial charge in [0.15, 0.2) is 5.79 Å². The van der Waals surface area contributed by atoms with Crippen molar-refractivity contribution < 1.29 is 9.47 Å².